The van der Waals surface area contributed by atoms with Crippen molar-refractivity contribution in [3.63, 3.8) is 0 Å². The van der Waals surface area contributed by atoms with Crippen LogP contribution in [0, 0.1) is 0 Å². The summed E-state index contributed by atoms with van der Waals surface area (Å²) >= 11 is 0. The molecule has 1 aromatic heterocycles. The molecule has 1 heterocycles. The molecule has 0 unspecified atom stereocenters. The van der Waals surface area contributed by atoms with E-state index in [1.165, 1.54) is 5.56 Å². The third kappa shape index (κ3) is 5.08. The number of hydrogen-bond acceptors (Lipinski definition) is 5. The Morgan fingerprint density at radius 1 is 1.17 bits per heavy atom. The number of carbonyl (C=O) groups is 1. The summed E-state index contributed by atoms with van der Waals surface area (Å²) < 4.78 is 10.8. The van der Waals surface area contributed by atoms with E-state index in [2.05, 4.69) is 42.4 Å². The van der Waals surface area contributed by atoms with Crippen molar-refractivity contribution in [2.75, 3.05) is 0 Å². The normalized spacial score (nSPS) is 12.1. The summed E-state index contributed by atoms with van der Waals surface area (Å²) in [6.07, 6.45) is -0.517. The molecule has 0 saturated carbocycles. The highest BCUT2D eigenvalue weighted by Gasteiger charge is 2.18. The van der Waals surface area contributed by atoms with Gasteiger partial charge in [-0.2, -0.15) is 0 Å². The lowest BCUT2D eigenvalue weighted by Crippen LogP contribution is -2.32. The summed E-state index contributed by atoms with van der Waals surface area (Å²) in [6, 6.07) is 8.01. The third-order valence-corrected chi connectivity index (χ3v) is 3.23. The van der Waals surface area contributed by atoms with Gasteiger partial charge in [-0.1, -0.05) is 32.9 Å². The third-order valence-electron chi connectivity index (χ3n) is 3.23. The first-order valence-corrected chi connectivity index (χ1v) is 7.95. The second kappa shape index (κ2) is 6.63. The minimum Gasteiger partial charge on any atom is -0.444 e. The molecule has 2 rings (SSSR count). The monoisotopic (exact) mass is 331 g/mol. The van der Waals surface area contributed by atoms with Gasteiger partial charge in [0.1, 0.15) is 5.60 Å². The summed E-state index contributed by atoms with van der Waals surface area (Å²) in [7, 11) is 0. The van der Waals surface area contributed by atoms with E-state index in [4.69, 9.17) is 9.15 Å². The first kappa shape index (κ1) is 18.0. The number of rotatable bonds is 3. The average Bonchev–Trinajstić information content (AvgIpc) is 2.91. The van der Waals surface area contributed by atoms with Crippen LogP contribution in [0.5, 0.6) is 0 Å². The second-order valence-corrected chi connectivity index (χ2v) is 7.69. The summed E-state index contributed by atoms with van der Waals surface area (Å²) in [5, 5.41) is 10.6. The Morgan fingerprint density at radius 3 is 2.50 bits per heavy atom. The minimum atomic E-state index is -0.544. The molecule has 6 nitrogen and oxygen atoms in total. The molecule has 1 amide bonds. The van der Waals surface area contributed by atoms with Crippen LogP contribution in [0.4, 0.5) is 4.79 Å². The number of hydrogen-bond donors (Lipinski definition) is 1. The molecule has 0 saturated heterocycles. The van der Waals surface area contributed by atoms with Crippen LogP contribution in [0.25, 0.3) is 11.5 Å². The molecular formula is C18H25N3O3. The predicted octanol–water partition coefficient (Wildman–Crippen LogP) is 4.06. The molecule has 0 fully saturated rings. The lowest BCUT2D eigenvalue weighted by molar-refractivity contribution is 0.0519. The highest BCUT2D eigenvalue weighted by molar-refractivity contribution is 5.67. The van der Waals surface area contributed by atoms with Gasteiger partial charge in [-0.15, -0.1) is 10.2 Å². The van der Waals surface area contributed by atoms with Gasteiger partial charge in [-0.3, -0.25) is 0 Å². The lowest BCUT2D eigenvalue weighted by atomic mass is 9.86. The number of carbonyl (C=O) groups excluding carboxylic acids is 1. The summed E-state index contributed by atoms with van der Waals surface area (Å²) in [5.41, 5.74) is 1.54. The molecule has 6 heteroatoms. The molecule has 0 atom stereocenters. The fourth-order valence-electron chi connectivity index (χ4n) is 2.02. The maximum Gasteiger partial charge on any atom is 0.408 e. The molecule has 1 aromatic carbocycles. The van der Waals surface area contributed by atoms with Crippen LogP contribution in [0.15, 0.2) is 28.7 Å². The lowest BCUT2D eigenvalue weighted by Gasteiger charge is -2.19. The zero-order valence-electron chi connectivity index (χ0n) is 15.1. The van der Waals surface area contributed by atoms with E-state index in [9.17, 15) is 4.79 Å². The Labute approximate surface area is 142 Å². The highest BCUT2D eigenvalue weighted by atomic mass is 16.6. The van der Waals surface area contributed by atoms with Crippen molar-refractivity contribution < 1.29 is 13.9 Å². The van der Waals surface area contributed by atoms with Crippen molar-refractivity contribution >= 4 is 6.09 Å². The van der Waals surface area contributed by atoms with Crippen molar-refractivity contribution in [3.05, 3.63) is 35.7 Å². The molecule has 2 aromatic rings. The molecule has 0 spiro atoms. The van der Waals surface area contributed by atoms with Gasteiger partial charge >= 0.3 is 6.09 Å². The van der Waals surface area contributed by atoms with E-state index in [0.29, 0.717) is 11.8 Å². The fourth-order valence-corrected chi connectivity index (χ4v) is 2.02. The Kier molecular flexibility index (Phi) is 4.96. The Bertz CT molecular complexity index is 709. The molecule has 1 N–H and O–H groups in total. The SMILES string of the molecule is CC(C)(C)OC(=O)NCc1nnc(-c2cccc(C(C)(C)C)c2)o1. The van der Waals surface area contributed by atoms with E-state index < -0.39 is 11.7 Å². The molecule has 24 heavy (non-hydrogen) atoms. The van der Waals surface area contributed by atoms with Crippen molar-refractivity contribution in [2.24, 2.45) is 0 Å². The predicted molar refractivity (Wildman–Crippen MR) is 91.5 cm³/mol. The second-order valence-electron chi connectivity index (χ2n) is 7.69. The van der Waals surface area contributed by atoms with E-state index in [1.54, 1.807) is 20.8 Å². The fraction of sp³-hybridized carbons (Fsp3) is 0.500. The molecule has 0 aliphatic heterocycles. The van der Waals surface area contributed by atoms with Gasteiger partial charge < -0.3 is 14.5 Å². The first-order valence-electron chi connectivity index (χ1n) is 7.95. The molecule has 0 radical (unpaired) electrons. The van der Waals surface area contributed by atoms with Gasteiger partial charge in [-0.05, 0) is 43.9 Å². The number of ether oxygens (including phenoxy) is 1. The van der Waals surface area contributed by atoms with Gasteiger partial charge in [-0.25, -0.2) is 4.79 Å². The van der Waals surface area contributed by atoms with Crippen molar-refractivity contribution in [1.82, 2.24) is 15.5 Å². The highest BCUT2D eigenvalue weighted by Crippen LogP contribution is 2.26. The van der Waals surface area contributed by atoms with E-state index in [-0.39, 0.29) is 12.0 Å². The van der Waals surface area contributed by atoms with E-state index in [1.807, 2.05) is 18.2 Å². The van der Waals surface area contributed by atoms with Gasteiger partial charge in [0.15, 0.2) is 0 Å². The zero-order valence-corrected chi connectivity index (χ0v) is 15.1. The summed E-state index contributed by atoms with van der Waals surface area (Å²) in [6.45, 7) is 12.0. The standard InChI is InChI=1S/C18H25N3O3/c1-17(2,3)13-9-7-8-12(10-13)15-21-20-14(23-15)11-19-16(22)24-18(4,5)6/h7-10H,11H2,1-6H3,(H,19,22). The Hall–Kier alpha value is -2.37. The Balaban J connectivity index is 2.05. The first-order chi connectivity index (χ1) is 11.0. The molecule has 0 bridgehead atoms. The average molecular weight is 331 g/mol. The van der Waals surface area contributed by atoms with Crippen molar-refractivity contribution in [3.8, 4) is 11.5 Å². The maximum atomic E-state index is 11.6. The van der Waals surface area contributed by atoms with Gasteiger partial charge in [0, 0.05) is 5.56 Å². The van der Waals surface area contributed by atoms with Crippen LogP contribution in [-0.2, 0) is 16.7 Å². The number of nitrogens with one attached hydrogen (secondary N) is 1. The number of nitrogens with zero attached hydrogens (tertiary/aromatic N) is 2. The van der Waals surface area contributed by atoms with Gasteiger partial charge in [0.05, 0.1) is 6.54 Å². The largest absolute Gasteiger partial charge is 0.444 e. The van der Waals surface area contributed by atoms with Gasteiger partial charge in [0.25, 0.3) is 0 Å². The quantitative estimate of drug-likeness (QED) is 0.917. The molecular weight excluding hydrogens is 306 g/mol. The topological polar surface area (TPSA) is 77.2 Å². The number of amides is 1. The smallest absolute Gasteiger partial charge is 0.408 e. The Morgan fingerprint density at radius 2 is 1.88 bits per heavy atom. The maximum absolute atomic E-state index is 11.6. The van der Waals surface area contributed by atoms with Crippen LogP contribution in [0.2, 0.25) is 0 Å². The van der Waals surface area contributed by atoms with Gasteiger partial charge in [0.2, 0.25) is 11.8 Å². The number of benzene rings is 1. The van der Waals surface area contributed by atoms with Crippen LogP contribution in [-0.4, -0.2) is 21.9 Å². The molecule has 0 aliphatic rings. The number of alkyl carbamates (subject to hydrolysis) is 1. The molecule has 0 aliphatic carbocycles. The minimum absolute atomic E-state index is 0.0388. The summed E-state index contributed by atoms with van der Waals surface area (Å²) in [4.78, 5) is 11.6. The van der Waals surface area contributed by atoms with Crippen LogP contribution in [0.3, 0.4) is 0 Å². The number of aromatic nitrogens is 2. The van der Waals surface area contributed by atoms with Crippen LogP contribution < -0.4 is 5.32 Å². The van der Waals surface area contributed by atoms with Crippen LogP contribution >= 0.6 is 0 Å². The van der Waals surface area contributed by atoms with Crippen molar-refractivity contribution in [2.45, 2.75) is 59.1 Å². The van der Waals surface area contributed by atoms with Crippen LogP contribution in [0.1, 0.15) is 53.0 Å². The van der Waals surface area contributed by atoms with E-state index >= 15 is 0 Å². The van der Waals surface area contributed by atoms with E-state index in [0.717, 1.165) is 5.56 Å². The summed E-state index contributed by atoms with van der Waals surface area (Å²) in [5.74, 6) is 0.763. The molecule has 130 valence electrons. The van der Waals surface area contributed by atoms with Crippen molar-refractivity contribution in [1.29, 1.82) is 0 Å². The zero-order chi connectivity index (χ0) is 18.0.